The molecule has 128 valence electrons. The van der Waals surface area contributed by atoms with Crippen LogP contribution in [0.5, 0.6) is 0 Å². The number of hydrogen-bond acceptors (Lipinski definition) is 1. The summed E-state index contributed by atoms with van der Waals surface area (Å²) in [6.45, 7) is 15.0. The Morgan fingerprint density at radius 2 is 0.762 bits per heavy atom. The van der Waals surface area contributed by atoms with E-state index in [0.717, 1.165) is 0 Å². The Kier molecular flexibility index (Phi) is 38.1. The first-order valence-electron chi connectivity index (χ1n) is 8.09. The molecule has 0 aliphatic heterocycles. The number of unbranched alkanes of at least 4 members (excludes halogenated alkanes) is 4. The van der Waals surface area contributed by atoms with Crippen molar-refractivity contribution in [3.05, 3.63) is 0 Å². The maximum absolute atomic E-state index is 2.33. The van der Waals surface area contributed by atoms with Gasteiger partial charge in [0, 0.05) is 0 Å². The normalized spacial score (nSPS) is 9.71. The predicted octanol–water partition coefficient (Wildman–Crippen LogP) is -1.99. The summed E-state index contributed by atoms with van der Waals surface area (Å²) >= 11 is 0. The molecular weight excluding hydrogens is 341 g/mol. The number of rotatable bonds is 12. The minimum absolute atomic E-state index is 0. The van der Waals surface area contributed by atoms with Crippen LogP contribution < -0.4 is 46.5 Å². The third-order valence-corrected chi connectivity index (χ3v) is 3.94. The maximum atomic E-state index is 2.33. The fourth-order valence-corrected chi connectivity index (χ4v) is 2.64. The van der Waals surface area contributed by atoms with Crippen molar-refractivity contribution >= 4 is 0 Å². The van der Waals surface area contributed by atoms with Gasteiger partial charge in [-0.15, -0.1) is 0 Å². The number of hydrogen-bond donors (Lipinski definition) is 0. The van der Waals surface area contributed by atoms with Gasteiger partial charge in [-0.3, -0.25) is 0 Å². The van der Waals surface area contributed by atoms with Crippen LogP contribution in [0, 0.1) is 0 Å². The number of halogens is 1. The maximum Gasteiger partial charge on any atom is 1.00 e. The van der Waals surface area contributed by atoms with Crippen molar-refractivity contribution in [2.45, 2.75) is 79.1 Å². The second-order valence-corrected chi connectivity index (χ2v) is 5.65. The standard InChI is InChI=1S/C16H36N.BrH.Na.2H2O/c1-5-9-13-17(14-10-6-2,15-11-7-3)16-12-8-4;;;;/h5-16H2,1-4H3;1H;;2*1H2/q+1;;+1;;/p-2. The van der Waals surface area contributed by atoms with Crippen LogP contribution in [0.4, 0.5) is 0 Å². The van der Waals surface area contributed by atoms with Gasteiger partial charge in [0.15, 0.2) is 0 Å². The molecule has 0 aliphatic carbocycles. The van der Waals surface area contributed by atoms with Gasteiger partial charge in [-0.25, -0.2) is 0 Å². The largest absolute Gasteiger partial charge is 1.00 e. The molecule has 3 N–H and O–H groups in total. The average Bonchev–Trinajstić information content (AvgIpc) is 2.37. The van der Waals surface area contributed by atoms with Crippen molar-refractivity contribution in [3.63, 3.8) is 0 Å². The van der Waals surface area contributed by atoms with Crippen LogP contribution in [0.2, 0.25) is 0 Å². The molecule has 0 fully saturated rings. The Hall–Kier alpha value is 1.36. The van der Waals surface area contributed by atoms with Crippen molar-refractivity contribution in [1.29, 1.82) is 0 Å². The van der Waals surface area contributed by atoms with Crippen molar-refractivity contribution in [2.24, 2.45) is 0 Å². The van der Waals surface area contributed by atoms with E-state index in [1.807, 2.05) is 0 Å². The van der Waals surface area contributed by atoms with Gasteiger partial charge >= 0.3 is 29.6 Å². The molecule has 0 aromatic carbocycles. The van der Waals surface area contributed by atoms with Gasteiger partial charge in [0.25, 0.3) is 0 Å². The molecule has 0 rings (SSSR count). The second kappa shape index (κ2) is 23.6. The molecule has 0 saturated heterocycles. The predicted molar refractivity (Wildman–Crippen MR) is 84.9 cm³/mol. The third kappa shape index (κ3) is 17.5. The summed E-state index contributed by atoms with van der Waals surface area (Å²) in [6, 6.07) is 0. The van der Waals surface area contributed by atoms with Crippen LogP contribution in [0.15, 0.2) is 0 Å². The topological polar surface area (TPSA) is 61.5 Å². The Bertz CT molecular complexity index is 137. The van der Waals surface area contributed by atoms with E-state index < -0.39 is 0 Å². The van der Waals surface area contributed by atoms with E-state index in [9.17, 15) is 0 Å². The van der Waals surface area contributed by atoms with Crippen LogP contribution in [-0.2, 0) is 0 Å². The number of quaternary nitrogens is 1. The Morgan fingerprint density at radius 1 is 0.571 bits per heavy atom. The van der Waals surface area contributed by atoms with Gasteiger partial charge in [-0.05, 0) is 25.7 Å². The summed E-state index contributed by atoms with van der Waals surface area (Å²) in [5, 5.41) is 0. The number of nitrogens with zero attached hydrogens (tertiary/aromatic N) is 1. The van der Waals surface area contributed by atoms with Crippen LogP contribution in [0.1, 0.15) is 79.1 Å². The summed E-state index contributed by atoms with van der Waals surface area (Å²) in [6.07, 6.45) is 11.1. The van der Waals surface area contributed by atoms with Crippen LogP contribution in [0.25, 0.3) is 0 Å². The molecule has 0 bridgehead atoms. The van der Waals surface area contributed by atoms with Gasteiger partial charge in [0.1, 0.15) is 0 Å². The molecule has 0 amide bonds. The Balaban J connectivity index is -0.000000213. The SMILES string of the molecule is CCCC[N+](CCCC)(CCCC)CCCC.O.[Br-].[Na+].[OH-]. The van der Waals surface area contributed by atoms with Crippen LogP contribution in [0.3, 0.4) is 0 Å². The fraction of sp³-hybridized carbons (Fsp3) is 1.00. The zero-order chi connectivity index (χ0) is 13.0. The van der Waals surface area contributed by atoms with Crippen molar-refractivity contribution in [2.75, 3.05) is 26.2 Å². The average molecular weight is 380 g/mol. The van der Waals surface area contributed by atoms with Gasteiger partial charge < -0.3 is 32.4 Å². The van der Waals surface area contributed by atoms with E-state index >= 15 is 0 Å². The van der Waals surface area contributed by atoms with Gasteiger partial charge in [0.05, 0.1) is 26.2 Å². The molecule has 3 nitrogen and oxygen atoms in total. The van der Waals surface area contributed by atoms with E-state index in [4.69, 9.17) is 0 Å². The van der Waals surface area contributed by atoms with Crippen molar-refractivity contribution < 1.29 is 62.0 Å². The Morgan fingerprint density at radius 3 is 0.905 bits per heavy atom. The Labute approximate surface area is 166 Å². The summed E-state index contributed by atoms with van der Waals surface area (Å²) < 4.78 is 1.42. The zero-order valence-electron chi connectivity index (χ0n) is 15.3. The summed E-state index contributed by atoms with van der Waals surface area (Å²) in [5.74, 6) is 0. The third-order valence-electron chi connectivity index (χ3n) is 3.94. The fourth-order valence-electron chi connectivity index (χ4n) is 2.64. The molecule has 0 aromatic rings. The van der Waals surface area contributed by atoms with E-state index in [0.29, 0.717) is 0 Å². The first-order chi connectivity index (χ1) is 8.24. The smallest absolute Gasteiger partial charge is 1.00 e. The zero-order valence-corrected chi connectivity index (χ0v) is 18.8. The molecule has 0 aliphatic rings. The molecule has 5 heteroatoms. The minimum atomic E-state index is 0. The summed E-state index contributed by atoms with van der Waals surface area (Å²) in [5.41, 5.74) is 0. The monoisotopic (exact) mass is 379 g/mol. The minimum Gasteiger partial charge on any atom is -1.00 e. The molecule has 0 heterocycles. The van der Waals surface area contributed by atoms with E-state index in [1.54, 1.807) is 0 Å². The molecule has 0 radical (unpaired) electrons. The van der Waals surface area contributed by atoms with E-state index in [1.165, 1.54) is 82.0 Å². The van der Waals surface area contributed by atoms with E-state index in [-0.39, 0.29) is 57.5 Å². The second-order valence-electron chi connectivity index (χ2n) is 5.65. The quantitative estimate of drug-likeness (QED) is 0.286. The molecule has 0 unspecified atom stereocenters. The molecule has 0 saturated carbocycles. The first-order valence-corrected chi connectivity index (χ1v) is 8.09. The summed E-state index contributed by atoms with van der Waals surface area (Å²) in [7, 11) is 0. The molecule has 21 heavy (non-hydrogen) atoms. The van der Waals surface area contributed by atoms with Crippen molar-refractivity contribution in [1.82, 2.24) is 0 Å². The van der Waals surface area contributed by atoms with Crippen LogP contribution in [-0.4, -0.2) is 41.6 Å². The molecule has 0 spiro atoms. The summed E-state index contributed by atoms with van der Waals surface area (Å²) in [4.78, 5) is 0. The van der Waals surface area contributed by atoms with Gasteiger partial charge in [0.2, 0.25) is 0 Å². The van der Waals surface area contributed by atoms with Gasteiger partial charge in [-0.2, -0.15) is 0 Å². The molecular formula is C16H39BrNNaO2. The van der Waals surface area contributed by atoms with Crippen molar-refractivity contribution in [3.8, 4) is 0 Å². The van der Waals surface area contributed by atoms with E-state index in [2.05, 4.69) is 27.7 Å². The van der Waals surface area contributed by atoms with Gasteiger partial charge in [-0.1, -0.05) is 53.4 Å². The first kappa shape index (κ1) is 33.9. The molecule has 0 aromatic heterocycles. The van der Waals surface area contributed by atoms with Crippen LogP contribution >= 0.6 is 0 Å². The molecule has 0 atom stereocenters.